The lowest BCUT2D eigenvalue weighted by Gasteiger charge is -2.35. The summed E-state index contributed by atoms with van der Waals surface area (Å²) in [5.41, 5.74) is 7.03. The summed E-state index contributed by atoms with van der Waals surface area (Å²) in [6.07, 6.45) is 3.41. The fraction of sp³-hybridized carbons (Fsp3) is 0.353. The Hall–Kier alpha value is -1.40. The highest BCUT2D eigenvalue weighted by atomic mass is 35.5. The van der Waals surface area contributed by atoms with Crippen molar-refractivity contribution >= 4 is 48.0 Å². The smallest absolute Gasteiger partial charge is 0.254 e. The molecular formula is C17H22Cl3N3O2. The molecule has 0 saturated carbocycles. The highest BCUT2D eigenvalue weighted by molar-refractivity contribution is 6.33. The minimum Gasteiger partial charge on any atom is -0.467 e. The number of benzene rings is 1. The van der Waals surface area contributed by atoms with E-state index in [1.54, 1.807) is 6.07 Å². The number of carbonyl (C=O) groups excluding carboxylic acids is 1. The molecule has 1 atom stereocenters. The van der Waals surface area contributed by atoms with Gasteiger partial charge < -0.3 is 20.4 Å². The summed E-state index contributed by atoms with van der Waals surface area (Å²) in [6, 6.07) is 9.56. The molecule has 138 valence electrons. The maximum atomic E-state index is 12.3. The first-order valence-corrected chi connectivity index (χ1v) is 8.13. The van der Waals surface area contributed by atoms with Gasteiger partial charge in [-0.05, 0) is 31.0 Å². The number of nitrogens with two attached hydrogens (primary N) is 1. The Balaban J connectivity index is 0.00000156. The molecule has 0 radical (unpaired) electrons. The van der Waals surface area contributed by atoms with Gasteiger partial charge >= 0.3 is 0 Å². The molecule has 8 heteroatoms. The number of anilines is 1. The quantitative estimate of drug-likeness (QED) is 0.813. The topological polar surface area (TPSA) is 71.5 Å². The molecule has 2 aromatic rings. The monoisotopic (exact) mass is 405 g/mol. The van der Waals surface area contributed by atoms with Crippen LogP contribution in [0.4, 0.5) is 5.69 Å². The molecule has 3 rings (SSSR count). The van der Waals surface area contributed by atoms with Crippen molar-refractivity contribution in [2.75, 3.05) is 18.0 Å². The number of nitrogens with zero attached hydrogens (tertiary/aromatic N) is 1. The summed E-state index contributed by atoms with van der Waals surface area (Å²) >= 11 is 6.27. The molecule has 2 heterocycles. The van der Waals surface area contributed by atoms with Crippen LogP contribution in [0.5, 0.6) is 0 Å². The summed E-state index contributed by atoms with van der Waals surface area (Å²) in [4.78, 5) is 14.5. The third-order valence-corrected chi connectivity index (χ3v) is 4.39. The lowest BCUT2D eigenvalue weighted by Crippen LogP contribution is -2.47. The van der Waals surface area contributed by atoms with Crippen LogP contribution >= 0.6 is 36.4 Å². The molecule has 0 bridgehead atoms. The average Bonchev–Trinajstić information content (AvgIpc) is 3.05. The molecule has 0 aliphatic carbocycles. The van der Waals surface area contributed by atoms with Crippen molar-refractivity contribution in [2.24, 2.45) is 5.73 Å². The molecule has 0 spiro atoms. The van der Waals surface area contributed by atoms with Gasteiger partial charge in [0.1, 0.15) is 12.0 Å². The second-order valence-corrected chi connectivity index (χ2v) is 6.12. The molecule has 25 heavy (non-hydrogen) atoms. The standard InChI is InChI=1S/C17H20ClN3O2.2ClH/c18-15-5-1-2-6-16(15)21-7-3-4-13(10-21)20-17(22)12-8-14(9-19)23-11-12;;/h1-2,5-6,8,11,13H,3-4,7,9-10,19H2,(H,20,22);2*1H. The molecule has 1 aliphatic heterocycles. The van der Waals surface area contributed by atoms with E-state index in [2.05, 4.69) is 10.2 Å². The largest absolute Gasteiger partial charge is 0.467 e. The Bertz CT molecular complexity index is 693. The third kappa shape index (κ3) is 5.28. The minimum absolute atomic E-state index is 0. The summed E-state index contributed by atoms with van der Waals surface area (Å²) in [5, 5.41) is 3.81. The van der Waals surface area contributed by atoms with Gasteiger partial charge in [0.15, 0.2) is 0 Å². The number of piperidine rings is 1. The normalized spacial score (nSPS) is 16.6. The van der Waals surface area contributed by atoms with Gasteiger partial charge in [0.25, 0.3) is 5.91 Å². The van der Waals surface area contributed by atoms with Crippen molar-refractivity contribution in [3.63, 3.8) is 0 Å². The molecule has 3 N–H and O–H groups in total. The number of para-hydroxylation sites is 1. The Morgan fingerprint density at radius 1 is 1.36 bits per heavy atom. The molecule has 1 unspecified atom stereocenters. The molecule has 1 amide bonds. The lowest BCUT2D eigenvalue weighted by atomic mass is 10.0. The van der Waals surface area contributed by atoms with Crippen LogP contribution in [0.25, 0.3) is 0 Å². The van der Waals surface area contributed by atoms with Crippen molar-refractivity contribution in [3.8, 4) is 0 Å². The summed E-state index contributed by atoms with van der Waals surface area (Å²) in [5.74, 6) is 0.482. The van der Waals surface area contributed by atoms with Gasteiger partial charge in [-0.1, -0.05) is 23.7 Å². The summed E-state index contributed by atoms with van der Waals surface area (Å²) < 4.78 is 5.22. The fourth-order valence-corrected chi connectivity index (χ4v) is 3.15. The fourth-order valence-electron chi connectivity index (χ4n) is 2.90. The van der Waals surface area contributed by atoms with Gasteiger partial charge in [-0.15, -0.1) is 24.8 Å². The molecule has 1 fully saturated rings. The first-order chi connectivity index (χ1) is 11.2. The van der Waals surface area contributed by atoms with Gasteiger partial charge in [-0.3, -0.25) is 4.79 Å². The number of rotatable bonds is 4. The summed E-state index contributed by atoms with van der Waals surface area (Å²) in [7, 11) is 0. The van der Waals surface area contributed by atoms with Crippen molar-refractivity contribution in [3.05, 3.63) is 52.9 Å². The van der Waals surface area contributed by atoms with Crippen LogP contribution in [0.1, 0.15) is 29.0 Å². The number of carbonyl (C=O) groups is 1. The van der Waals surface area contributed by atoms with Gasteiger partial charge in [0.05, 0.1) is 22.8 Å². The Morgan fingerprint density at radius 2 is 2.12 bits per heavy atom. The van der Waals surface area contributed by atoms with Crippen molar-refractivity contribution in [1.29, 1.82) is 0 Å². The molecule has 1 aliphatic rings. The first-order valence-electron chi connectivity index (χ1n) is 7.75. The van der Waals surface area contributed by atoms with Crippen LogP contribution < -0.4 is 16.0 Å². The van der Waals surface area contributed by atoms with E-state index in [-0.39, 0.29) is 43.3 Å². The van der Waals surface area contributed by atoms with Crippen LogP contribution in [0, 0.1) is 0 Å². The van der Waals surface area contributed by atoms with Crippen LogP contribution in [0.2, 0.25) is 5.02 Å². The Morgan fingerprint density at radius 3 is 2.80 bits per heavy atom. The number of furan rings is 1. The maximum absolute atomic E-state index is 12.3. The van der Waals surface area contributed by atoms with Gasteiger partial charge in [-0.2, -0.15) is 0 Å². The van der Waals surface area contributed by atoms with Gasteiger partial charge in [-0.25, -0.2) is 0 Å². The van der Waals surface area contributed by atoms with Crippen LogP contribution in [-0.4, -0.2) is 25.0 Å². The van der Waals surface area contributed by atoms with E-state index < -0.39 is 0 Å². The van der Waals surface area contributed by atoms with E-state index in [0.717, 1.165) is 36.6 Å². The second kappa shape index (κ2) is 9.92. The van der Waals surface area contributed by atoms with Crippen molar-refractivity contribution in [1.82, 2.24) is 5.32 Å². The molecule has 1 aromatic carbocycles. The predicted octanol–water partition coefficient (Wildman–Crippen LogP) is 3.63. The predicted molar refractivity (Wildman–Crippen MR) is 105 cm³/mol. The maximum Gasteiger partial charge on any atom is 0.254 e. The van der Waals surface area contributed by atoms with Crippen LogP contribution in [0.3, 0.4) is 0 Å². The van der Waals surface area contributed by atoms with Gasteiger partial charge in [0, 0.05) is 19.1 Å². The SMILES string of the molecule is Cl.Cl.NCc1cc(C(=O)NC2CCCN(c3ccccc3Cl)C2)co1. The van der Waals surface area contributed by atoms with Crippen LogP contribution in [-0.2, 0) is 6.54 Å². The summed E-state index contributed by atoms with van der Waals surface area (Å²) in [6.45, 7) is 1.98. The molecule has 5 nitrogen and oxygen atoms in total. The number of nitrogens with one attached hydrogen (secondary N) is 1. The van der Waals surface area contributed by atoms with Crippen molar-refractivity contribution < 1.29 is 9.21 Å². The molecule has 1 aromatic heterocycles. The highest BCUT2D eigenvalue weighted by Crippen LogP contribution is 2.27. The first kappa shape index (κ1) is 21.6. The minimum atomic E-state index is -0.126. The molecule has 1 saturated heterocycles. The Labute approximate surface area is 164 Å². The zero-order valence-electron chi connectivity index (χ0n) is 13.6. The highest BCUT2D eigenvalue weighted by Gasteiger charge is 2.23. The zero-order valence-corrected chi connectivity index (χ0v) is 16.0. The van der Waals surface area contributed by atoms with Gasteiger partial charge in [0.2, 0.25) is 0 Å². The van der Waals surface area contributed by atoms with Crippen LogP contribution in [0.15, 0.2) is 41.0 Å². The Kier molecular flexibility index (Phi) is 8.59. The molecular weight excluding hydrogens is 385 g/mol. The zero-order chi connectivity index (χ0) is 16.2. The van der Waals surface area contributed by atoms with E-state index in [1.165, 1.54) is 6.26 Å². The third-order valence-electron chi connectivity index (χ3n) is 4.07. The average molecular weight is 407 g/mol. The van der Waals surface area contributed by atoms with E-state index in [0.29, 0.717) is 11.3 Å². The van der Waals surface area contributed by atoms with E-state index in [9.17, 15) is 4.79 Å². The number of hydrogen-bond acceptors (Lipinski definition) is 4. The van der Waals surface area contributed by atoms with E-state index in [4.69, 9.17) is 21.8 Å². The number of amides is 1. The number of hydrogen-bond donors (Lipinski definition) is 2. The van der Waals surface area contributed by atoms with Crippen molar-refractivity contribution in [2.45, 2.75) is 25.4 Å². The van der Waals surface area contributed by atoms with E-state index >= 15 is 0 Å². The second-order valence-electron chi connectivity index (χ2n) is 5.72. The lowest BCUT2D eigenvalue weighted by molar-refractivity contribution is 0.0932. The van der Waals surface area contributed by atoms with E-state index in [1.807, 2.05) is 24.3 Å². The number of halogens is 3.